The molecular weight excluding hydrogens is 413 g/mol. The van der Waals surface area contributed by atoms with E-state index in [1.165, 1.54) is 13.2 Å². The van der Waals surface area contributed by atoms with Crippen molar-refractivity contribution in [2.75, 3.05) is 20.2 Å². The maximum absolute atomic E-state index is 11.7. The van der Waals surface area contributed by atoms with Crippen LogP contribution in [0.3, 0.4) is 0 Å². The van der Waals surface area contributed by atoms with Crippen molar-refractivity contribution in [3.05, 3.63) is 35.8 Å². The Hall–Kier alpha value is -3.07. The fourth-order valence-electron chi connectivity index (χ4n) is 3.93. The monoisotopic (exact) mass is 441 g/mol. The number of carbonyl (C=O) groups excluding carboxylic acids is 1. The van der Waals surface area contributed by atoms with E-state index in [0.29, 0.717) is 23.4 Å². The van der Waals surface area contributed by atoms with Gasteiger partial charge in [-0.1, -0.05) is 13.8 Å². The van der Waals surface area contributed by atoms with Gasteiger partial charge in [0.2, 0.25) is 0 Å². The summed E-state index contributed by atoms with van der Waals surface area (Å²) in [5.41, 5.74) is 1.65. The van der Waals surface area contributed by atoms with Gasteiger partial charge in [-0.05, 0) is 43.5 Å². The van der Waals surface area contributed by atoms with E-state index in [4.69, 9.17) is 19.4 Å². The van der Waals surface area contributed by atoms with Crippen LogP contribution >= 0.6 is 0 Å². The minimum absolute atomic E-state index is 0.0582. The molecule has 1 fully saturated rings. The van der Waals surface area contributed by atoms with Gasteiger partial charge in [0.15, 0.2) is 0 Å². The predicted molar refractivity (Wildman–Crippen MR) is 117 cm³/mol. The first-order valence-corrected chi connectivity index (χ1v) is 10.5. The molecule has 2 atom stereocenters. The Bertz CT molecular complexity index is 974. The van der Waals surface area contributed by atoms with Crippen molar-refractivity contribution in [2.45, 2.75) is 38.8 Å². The van der Waals surface area contributed by atoms with Crippen LogP contribution in [0, 0.1) is 17.2 Å². The Labute approximate surface area is 187 Å². The van der Waals surface area contributed by atoms with Crippen LogP contribution < -0.4 is 9.97 Å². The lowest BCUT2D eigenvalue weighted by atomic mass is 10.0. The molecule has 170 valence electrons. The van der Waals surface area contributed by atoms with Gasteiger partial charge in [-0.2, -0.15) is 5.26 Å². The first kappa shape index (κ1) is 23.6. The molecule has 1 aromatic heterocycles. The third kappa shape index (κ3) is 5.59. The van der Waals surface area contributed by atoms with E-state index >= 15 is 0 Å². The number of ether oxygens (including phenoxy) is 1. The molecule has 2 heterocycles. The van der Waals surface area contributed by atoms with Gasteiger partial charge in [-0.25, -0.2) is 9.78 Å². The number of nitrogens with zero attached hydrogens (tertiary/aromatic N) is 3. The van der Waals surface area contributed by atoms with E-state index in [0.717, 1.165) is 25.2 Å². The van der Waals surface area contributed by atoms with Crippen LogP contribution in [-0.4, -0.2) is 64.6 Å². The molecule has 2 unspecified atom stereocenters. The summed E-state index contributed by atoms with van der Waals surface area (Å²) in [6.45, 7) is 5.69. The molecule has 1 aliphatic rings. The van der Waals surface area contributed by atoms with Gasteiger partial charge in [0.05, 0.1) is 36.7 Å². The maximum Gasteiger partial charge on any atom is 0.707 e. The SMILES string of the molecule is COC(=O)NC(CN1CCCC1c1ncc(-c2ccc(OB(O)O)cc2C#N)[nH]1)C(C)C. The van der Waals surface area contributed by atoms with E-state index < -0.39 is 13.4 Å². The largest absolute Gasteiger partial charge is 0.707 e. The zero-order valence-corrected chi connectivity index (χ0v) is 18.4. The Morgan fingerprint density at radius 1 is 1.47 bits per heavy atom. The standard InChI is InChI=1S/C21H28BN5O5/c1-13(2)18(26-21(28)31-3)12-27-8-4-5-19(27)20-24-11-17(25-20)16-7-6-15(32-22(29)30)9-14(16)10-23/h6-7,9,11,13,18-19,29-30H,4-5,8,12H2,1-3H3,(H,24,25)(H,26,28). The summed E-state index contributed by atoms with van der Waals surface area (Å²) >= 11 is 0. The van der Waals surface area contributed by atoms with Crippen molar-refractivity contribution in [3.8, 4) is 23.1 Å². The maximum atomic E-state index is 11.7. The molecule has 0 saturated carbocycles. The number of carbonyl (C=O) groups is 1. The number of aromatic amines is 1. The summed E-state index contributed by atoms with van der Waals surface area (Å²) in [5.74, 6) is 1.21. The molecule has 1 aliphatic heterocycles. The number of nitrogens with one attached hydrogen (secondary N) is 2. The Morgan fingerprint density at radius 3 is 2.91 bits per heavy atom. The number of rotatable bonds is 8. The quantitative estimate of drug-likeness (QED) is 0.454. The van der Waals surface area contributed by atoms with Crippen LogP contribution in [0.2, 0.25) is 0 Å². The smallest absolute Gasteiger partial charge is 0.512 e. The highest BCUT2D eigenvalue weighted by Crippen LogP contribution is 2.33. The van der Waals surface area contributed by atoms with E-state index in [2.05, 4.69) is 40.1 Å². The normalized spacial score (nSPS) is 17.1. The lowest BCUT2D eigenvalue weighted by Gasteiger charge is -2.30. The highest BCUT2D eigenvalue weighted by Gasteiger charge is 2.31. The van der Waals surface area contributed by atoms with Crippen LogP contribution in [0.25, 0.3) is 11.3 Å². The summed E-state index contributed by atoms with van der Waals surface area (Å²) in [6, 6.07) is 6.80. The zero-order chi connectivity index (χ0) is 23.3. The number of benzene rings is 1. The number of alkyl carbamates (subject to hydrolysis) is 1. The highest BCUT2D eigenvalue weighted by atomic mass is 16.6. The van der Waals surface area contributed by atoms with Gasteiger partial charge < -0.3 is 29.7 Å². The number of H-pyrrole nitrogens is 1. The van der Waals surface area contributed by atoms with Crippen LogP contribution in [-0.2, 0) is 4.74 Å². The molecule has 1 aromatic carbocycles. The van der Waals surface area contributed by atoms with Crippen molar-refractivity contribution >= 4 is 13.4 Å². The van der Waals surface area contributed by atoms with E-state index in [9.17, 15) is 10.1 Å². The lowest BCUT2D eigenvalue weighted by molar-refractivity contribution is 0.150. The lowest BCUT2D eigenvalue weighted by Crippen LogP contribution is -2.46. The number of amides is 1. The number of hydrogen-bond donors (Lipinski definition) is 4. The molecule has 32 heavy (non-hydrogen) atoms. The van der Waals surface area contributed by atoms with Crippen molar-refractivity contribution < 1.29 is 24.2 Å². The molecule has 2 aromatic rings. The minimum Gasteiger partial charge on any atom is -0.512 e. The number of hydrogen-bond acceptors (Lipinski definition) is 8. The van der Waals surface area contributed by atoms with E-state index in [1.54, 1.807) is 18.3 Å². The highest BCUT2D eigenvalue weighted by molar-refractivity contribution is 6.33. The summed E-state index contributed by atoms with van der Waals surface area (Å²) in [7, 11) is -0.599. The van der Waals surface area contributed by atoms with Crippen molar-refractivity contribution in [1.29, 1.82) is 5.26 Å². The van der Waals surface area contributed by atoms with Crippen molar-refractivity contribution in [2.24, 2.45) is 5.92 Å². The molecule has 1 saturated heterocycles. The van der Waals surface area contributed by atoms with E-state index in [-0.39, 0.29) is 23.8 Å². The molecule has 0 aliphatic carbocycles. The van der Waals surface area contributed by atoms with Gasteiger partial charge in [0.1, 0.15) is 11.6 Å². The van der Waals surface area contributed by atoms with Crippen molar-refractivity contribution in [1.82, 2.24) is 20.2 Å². The second kappa shape index (κ2) is 10.5. The topological polar surface area (TPSA) is 144 Å². The fraction of sp³-hybridized carbons (Fsp3) is 0.476. The van der Waals surface area contributed by atoms with E-state index in [1.807, 2.05) is 0 Å². The average molecular weight is 441 g/mol. The van der Waals surface area contributed by atoms with Crippen LogP contribution in [0.5, 0.6) is 5.75 Å². The third-order valence-electron chi connectivity index (χ3n) is 5.64. The molecular formula is C21H28BN5O5. The van der Waals surface area contributed by atoms with Gasteiger partial charge in [0.25, 0.3) is 0 Å². The number of nitriles is 1. The minimum atomic E-state index is -1.96. The number of imidazole rings is 1. The Balaban J connectivity index is 1.78. The second-order valence-corrected chi connectivity index (χ2v) is 8.08. The summed E-state index contributed by atoms with van der Waals surface area (Å²) in [4.78, 5) is 21.9. The molecule has 0 radical (unpaired) electrons. The third-order valence-corrected chi connectivity index (χ3v) is 5.64. The first-order chi connectivity index (χ1) is 15.3. The molecule has 1 amide bonds. The molecule has 10 nitrogen and oxygen atoms in total. The van der Waals surface area contributed by atoms with Crippen molar-refractivity contribution in [3.63, 3.8) is 0 Å². The molecule has 0 spiro atoms. The number of methoxy groups -OCH3 is 1. The molecule has 3 rings (SSSR count). The van der Waals surface area contributed by atoms with Crippen LogP contribution in [0.4, 0.5) is 4.79 Å². The summed E-state index contributed by atoms with van der Waals surface area (Å²) < 4.78 is 9.59. The zero-order valence-electron chi connectivity index (χ0n) is 18.4. The molecule has 11 heteroatoms. The average Bonchev–Trinajstić information content (AvgIpc) is 3.41. The fourth-order valence-corrected chi connectivity index (χ4v) is 3.93. The Morgan fingerprint density at radius 2 is 2.25 bits per heavy atom. The second-order valence-electron chi connectivity index (χ2n) is 8.08. The van der Waals surface area contributed by atoms with Gasteiger partial charge in [-0.3, -0.25) is 4.90 Å². The Kier molecular flexibility index (Phi) is 7.74. The first-order valence-electron chi connectivity index (χ1n) is 10.5. The summed E-state index contributed by atoms with van der Waals surface area (Å²) in [6.07, 6.45) is 3.20. The number of likely N-dealkylation sites (tertiary alicyclic amines) is 1. The number of aromatic nitrogens is 2. The molecule has 0 bridgehead atoms. The van der Waals surface area contributed by atoms with Crippen LogP contribution in [0.15, 0.2) is 24.4 Å². The van der Waals surface area contributed by atoms with Crippen LogP contribution in [0.1, 0.15) is 44.1 Å². The van der Waals surface area contributed by atoms with Gasteiger partial charge in [-0.15, -0.1) is 0 Å². The van der Waals surface area contributed by atoms with Gasteiger partial charge >= 0.3 is 13.4 Å². The summed E-state index contributed by atoms with van der Waals surface area (Å²) in [5, 5.41) is 30.4. The molecule has 4 N–H and O–H groups in total. The van der Waals surface area contributed by atoms with Gasteiger partial charge in [0, 0.05) is 18.2 Å². The predicted octanol–water partition coefficient (Wildman–Crippen LogP) is 1.81.